The molecule has 2 heterocycles. The van der Waals surface area contributed by atoms with Crippen LogP contribution < -0.4 is 10.1 Å². The van der Waals surface area contributed by atoms with E-state index in [1.807, 2.05) is 6.92 Å². The molecule has 34 heavy (non-hydrogen) atoms. The molecule has 0 saturated carbocycles. The molecule has 0 aromatic heterocycles. The van der Waals surface area contributed by atoms with E-state index < -0.39 is 33.6 Å². The molecule has 0 bridgehead atoms. The zero-order valence-corrected chi connectivity index (χ0v) is 18.9. The number of hydrogen-bond acceptors (Lipinski definition) is 8. The number of hydrogen-bond donors (Lipinski definition) is 1. The van der Waals surface area contributed by atoms with Crippen molar-refractivity contribution in [2.45, 2.75) is 24.4 Å². The molecule has 2 aromatic rings. The Morgan fingerprint density at radius 1 is 1.21 bits per heavy atom. The topological polar surface area (TPSA) is 128 Å². The maximum absolute atomic E-state index is 13.2. The molecule has 11 heteroatoms. The second-order valence-electron chi connectivity index (χ2n) is 7.81. The normalized spacial score (nSPS) is 21.0. The molecule has 4 rings (SSSR count). The molecule has 2 aromatic carbocycles. The lowest BCUT2D eigenvalue weighted by atomic mass is 9.87. The summed E-state index contributed by atoms with van der Waals surface area (Å²) in [6.07, 6.45) is 1.66. The zero-order valence-electron chi connectivity index (χ0n) is 18.1. The number of benzene rings is 2. The Kier molecular flexibility index (Phi) is 6.55. The van der Waals surface area contributed by atoms with Crippen LogP contribution in [-0.2, 0) is 25.7 Å². The van der Waals surface area contributed by atoms with Gasteiger partial charge in [0.05, 0.1) is 4.92 Å². The van der Waals surface area contributed by atoms with Crippen LogP contribution in [-0.4, -0.2) is 50.9 Å². The summed E-state index contributed by atoms with van der Waals surface area (Å²) in [7, 11) is 0. The number of fused-ring (bicyclic) bond motifs is 1. The second-order valence-corrected chi connectivity index (χ2v) is 8.88. The fourth-order valence-corrected chi connectivity index (χ4v) is 4.95. The van der Waals surface area contributed by atoms with Crippen LogP contribution in [0.15, 0.2) is 66.4 Å². The Balaban J connectivity index is 1.48. The lowest BCUT2D eigenvalue weighted by Gasteiger charge is -2.53. The Morgan fingerprint density at radius 3 is 2.59 bits per heavy atom. The molecule has 1 unspecified atom stereocenters. The molecule has 0 spiro atoms. The van der Waals surface area contributed by atoms with E-state index in [1.54, 1.807) is 36.5 Å². The summed E-state index contributed by atoms with van der Waals surface area (Å²) < 4.78 is 10.8. The van der Waals surface area contributed by atoms with Crippen LogP contribution in [0.25, 0.3) is 0 Å². The third kappa shape index (κ3) is 4.46. The first-order valence-electron chi connectivity index (χ1n) is 10.3. The molecule has 2 aliphatic rings. The lowest BCUT2D eigenvalue weighted by molar-refractivity contribution is -0.384. The molecular formula is C23H21N3O7S. The van der Waals surface area contributed by atoms with E-state index in [2.05, 4.69) is 5.32 Å². The van der Waals surface area contributed by atoms with Gasteiger partial charge in [-0.2, -0.15) is 0 Å². The number of nitrogens with one attached hydrogen (secondary N) is 1. The standard InChI is InChI=1S/C23H21N3O7S/c1-15-11-25-20(28)23(21(25)34-14-15,24-19(27)13-32-18-5-3-2-4-6-18)22(29)33-12-16-7-9-17(10-8-16)26(30)31/h2-11,21H,12-14H2,1H3,(H,24,27)/t21-,23?/m0/s1. The summed E-state index contributed by atoms with van der Waals surface area (Å²) in [6.45, 7) is 1.27. The summed E-state index contributed by atoms with van der Waals surface area (Å²) in [6, 6.07) is 14.2. The van der Waals surface area contributed by atoms with Crippen LogP contribution in [0.2, 0.25) is 0 Å². The number of esters is 1. The van der Waals surface area contributed by atoms with Crippen LogP contribution in [0.5, 0.6) is 5.75 Å². The maximum Gasteiger partial charge on any atom is 0.345 e. The van der Waals surface area contributed by atoms with Crippen molar-refractivity contribution in [2.75, 3.05) is 12.4 Å². The summed E-state index contributed by atoms with van der Waals surface area (Å²) in [5.74, 6) is -1.07. The largest absolute Gasteiger partial charge is 0.484 e. The van der Waals surface area contributed by atoms with E-state index in [9.17, 15) is 24.5 Å². The van der Waals surface area contributed by atoms with E-state index >= 15 is 0 Å². The van der Waals surface area contributed by atoms with Gasteiger partial charge in [-0.25, -0.2) is 4.79 Å². The first-order chi connectivity index (χ1) is 16.3. The highest BCUT2D eigenvalue weighted by Crippen LogP contribution is 2.43. The van der Waals surface area contributed by atoms with Gasteiger partial charge in [-0.05, 0) is 42.3 Å². The number of non-ortho nitro benzene ring substituents is 1. The minimum atomic E-state index is -1.89. The number of rotatable bonds is 8. The van der Waals surface area contributed by atoms with Crippen molar-refractivity contribution in [3.05, 3.63) is 82.0 Å². The van der Waals surface area contributed by atoms with Crippen LogP contribution in [0.1, 0.15) is 12.5 Å². The van der Waals surface area contributed by atoms with Gasteiger partial charge in [-0.15, -0.1) is 11.8 Å². The Bertz CT molecular complexity index is 1150. The second kappa shape index (κ2) is 9.56. The third-order valence-corrected chi connectivity index (χ3v) is 6.83. The van der Waals surface area contributed by atoms with E-state index in [-0.39, 0.29) is 18.9 Å². The van der Waals surface area contributed by atoms with Gasteiger partial charge in [0.25, 0.3) is 17.5 Å². The quantitative estimate of drug-likeness (QED) is 0.199. The molecule has 1 N–H and O–H groups in total. The molecule has 2 atom stereocenters. The van der Waals surface area contributed by atoms with Gasteiger partial charge in [0, 0.05) is 24.1 Å². The number of carbonyl (C=O) groups excluding carboxylic acids is 3. The fourth-order valence-electron chi connectivity index (χ4n) is 3.63. The number of β-lactam (4-membered cyclic amide) rings is 1. The van der Waals surface area contributed by atoms with Gasteiger partial charge in [-0.3, -0.25) is 19.7 Å². The van der Waals surface area contributed by atoms with Crippen LogP contribution >= 0.6 is 11.8 Å². The Labute approximate surface area is 199 Å². The summed E-state index contributed by atoms with van der Waals surface area (Å²) in [4.78, 5) is 50.6. The molecule has 2 aliphatic heterocycles. The van der Waals surface area contributed by atoms with Crippen molar-refractivity contribution in [1.29, 1.82) is 0 Å². The minimum Gasteiger partial charge on any atom is -0.484 e. The predicted molar refractivity (Wildman–Crippen MR) is 123 cm³/mol. The van der Waals surface area contributed by atoms with Crippen molar-refractivity contribution in [3.63, 3.8) is 0 Å². The summed E-state index contributed by atoms with van der Waals surface area (Å²) >= 11 is 1.35. The van der Waals surface area contributed by atoms with Gasteiger partial charge in [0.1, 0.15) is 17.7 Å². The average molecular weight is 484 g/mol. The van der Waals surface area contributed by atoms with Crippen molar-refractivity contribution in [1.82, 2.24) is 10.2 Å². The van der Waals surface area contributed by atoms with Gasteiger partial charge in [-0.1, -0.05) is 18.2 Å². The fraction of sp³-hybridized carbons (Fsp3) is 0.261. The van der Waals surface area contributed by atoms with Gasteiger partial charge in [0.15, 0.2) is 6.61 Å². The number of carbonyl (C=O) groups is 3. The highest BCUT2D eigenvalue weighted by molar-refractivity contribution is 8.00. The van der Waals surface area contributed by atoms with Gasteiger partial charge < -0.3 is 19.7 Å². The average Bonchev–Trinajstić information content (AvgIpc) is 2.85. The Morgan fingerprint density at radius 2 is 1.91 bits per heavy atom. The number of ether oxygens (including phenoxy) is 2. The van der Waals surface area contributed by atoms with E-state index in [0.29, 0.717) is 17.1 Å². The molecule has 1 fully saturated rings. The van der Waals surface area contributed by atoms with E-state index in [0.717, 1.165) is 5.57 Å². The van der Waals surface area contributed by atoms with Crippen molar-refractivity contribution >= 4 is 35.2 Å². The van der Waals surface area contributed by atoms with Crippen LogP contribution in [0, 0.1) is 10.1 Å². The number of thioether (sulfide) groups is 1. The third-order valence-electron chi connectivity index (χ3n) is 5.31. The highest BCUT2D eigenvalue weighted by Gasteiger charge is 2.68. The number of nitro benzene ring substituents is 1. The van der Waals surface area contributed by atoms with E-state index in [1.165, 1.54) is 40.9 Å². The molecule has 0 radical (unpaired) electrons. The highest BCUT2D eigenvalue weighted by atomic mass is 32.2. The number of nitrogens with zero attached hydrogens (tertiary/aromatic N) is 2. The molecule has 1 saturated heterocycles. The minimum absolute atomic E-state index is 0.0946. The summed E-state index contributed by atoms with van der Waals surface area (Å²) in [5, 5.41) is 12.7. The molecule has 10 nitrogen and oxygen atoms in total. The smallest absolute Gasteiger partial charge is 0.345 e. The SMILES string of the molecule is CC1=CN2C(=O)C(NC(=O)COc3ccccc3)(C(=O)OCc3ccc([N+](=O)[O-])cc3)[C@@H]2SC1. The molecular weight excluding hydrogens is 462 g/mol. The molecule has 176 valence electrons. The number of para-hydroxylation sites is 1. The molecule has 0 aliphatic carbocycles. The van der Waals surface area contributed by atoms with Crippen molar-refractivity contribution < 1.29 is 28.8 Å². The van der Waals surface area contributed by atoms with Crippen molar-refractivity contribution in [3.8, 4) is 5.75 Å². The summed E-state index contributed by atoms with van der Waals surface area (Å²) in [5.41, 5.74) is -0.521. The first kappa shape index (κ1) is 23.3. The first-order valence-corrected chi connectivity index (χ1v) is 11.4. The predicted octanol–water partition coefficient (Wildman–Crippen LogP) is 2.39. The van der Waals surface area contributed by atoms with E-state index in [4.69, 9.17) is 9.47 Å². The van der Waals surface area contributed by atoms with Crippen molar-refractivity contribution in [2.24, 2.45) is 0 Å². The lowest BCUT2D eigenvalue weighted by Crippen LogP contribution is -2.82. The van der Waals surface area contributed by atoms with Gasteiger partial charge in [0.2, 0.25) is 5.54 Å². The molecule has 2 amide bonds. The number of amides is 2. The maximum atomic E-state index is 13.2. The van der Waals surface area contributed by atoms with Crippen LogP contribution in [0.4, 0.5) is 5.69 Å². The Hall–Kier alpha value is -3.86. The zero-order chi connectivity index (χ0) is 24.3. The monoisotopic (exact) mass is 483 g/mol. The van der Waals surface area contributed by atoms with Crippen LogP contribution in [0.3, 0.4) is 0 Å². The number of nitro groups is 1. The van der Waals surface area contributed by atoms with Gasteiger partial charge >= 0.3 is 5.97 Å².